The van der Waals surface area contributed by atoms with Crippen molar-refractivity contribution in [1.29, 1.82) is 0 Å². The van der Waals surface area contributed by atoms with Crippen LogP contribution in [-0.2, 0) is 6.54 Å². The van der Waals surface area contributed by atoms with Gasteiger partial charge in [-0.25, -0.2) is 0 Å². The molecule has 0 bridgehead atoms. The van der Waals surface area contributed by atoms with Crippen LogP contribution in [0.4, 0.5) is 0 Å². The number of nitrogens with one attached hydrogen (secondary N) is 1. The van der Waals surface area contributed by atoms with Crippen molar-refractivity contribution in [2.75, 3.05) is 27.2 Å². The minimum absolute atomic E-state index is 0.00982. The second kappa shape index (κ2) is 11.0. The molecule has 0 radical (unpaired) electrons. The molecule has 0 atom stereocenters. The second-order valence-electron chi connectivity index (χ2n) is 8.56. The molecule has 1 aromatic carbocycles. The monoisotopic (exact) mass is 423 g/mol. The first-order chi connectivity index (χ1) is 15.0. The lowest BCUT2D eigenvalue weighted by molar-refractivity contribution is 0.0961. The van der Waals surface area contributed by atoms with Gasteiger partial charge in [0.25, 0.3) is 11.5 Å². The van der Waals surface area contributed by atoms with E-state index in [1.165, 1.54) is 30.5 Å². The van der Waals surface area contributed by atoms with Crippen LogP contribution in [0, 0.1) is 5.92 Å². The first kappa shape index (κ1) is 22.9. The van der Waals surface area contributed by atoms with Gasteiger partial charge in [-0.3, -0.25) is 14.4 Å². The van der Waals surface area contributed by atoms with E-state index in [-0.39, 0.29) is 16.9 Å². The molecule has 1 amide bonds. The average molecular weight is 424 g/mol. The van der Waals surface area contributed by atoms with Gasteiger partial charge in [0.1, 0.15) is 5.56 Å². The molecule has 2 heterocycles. The summed E-state index contributed by atoms with van der Waals surface area (Å²) in [5.41, 5.74) is 0.987. The Bertz CT molecular complexity index is 944. The molecule has 31 heavy (non-hydrogen) atoms. The molecular formula is C25H33N3O3. The van der Waals surface area contributed by atoms with Crippen molar-refractivity contribution in [1.82, 2.24) is 14.8 Å². The lowest BCUT2D eigenvalue weighted by Gasteiger charge is -2.28. The summed E-state index contributed by atoms with van der Waals surface area (Å²) >= 11 is 0. The van der Waals surface area contributed by atoms with Crippen molar-refractivity contribution in [3.63, 3.8) is 0 Å². The SMILES string of the molecule is CNC(=O)c1cc(C(=O)CCCCC2CCN(C)CC2)cn(Cc2ccccc2)c1=O. The van der Waals surface area contributed by atoms with Gasteiger partial charge in [-0.1, -0.05) is 43.2 Å². The van der Waals surface area contributed by atoms with E-state index in [9.17, 15) is 14.4 Å². The van der Waals surface area contributed by atoms with E-state index in [1.54, 1.807) is 6.20 Å². The summed E-state index contributed by atoms with van der Waals surface area (Å²) in [6, 6.07) is 11.0. The number of pyridine rings is 1. The third kappa shape index (κ3) is 6.37. The summed E-state index contributed by atoms with van der Waals surface area (Å²) in [6.45, 7) is 2.64. The van der Waals surface area contributed by atoms with Crippen LogP contribution in [0.5, 0.6) is 0 Å². The Morgan fingerprint density at radius 3 is 2.48 bits per heavy atom. The Hall–Kier alpha value is -2.73. The predicted molar refractivity (Wildman–Crippen MR) is 123 cm³/mol. The Morgan fingerprint density at radius 2 is 1.81 bits per heavy atom. The molecule has 1 saturated heterocycles. The largest absolute Gasteiger partial charge is 0.355 e. The van der Waals surface area contributed by atoms with Gasteiger partial charge in [-0.2, -0.15) is 0 Å². The fraction of sp³-hybridized carbons (Fsp3) is 0.480. The maximum Gasteiger partial charge on any atom is 0.263 e. The van der Waals surface area contributed by atoms with Gasteiger partial charge in [0, 0.05) is 25.2 Å². The minimum Gasteiger partial charge on any atom is -0.355 e. The van der Waals surface area contributed by atoms with Crippen molar-refractivity contribution in [3.05, 3.63) is 69.6 Å². The summed E-state index contributed by atoms with van der Waals surface area (Å²) in [5.74, 6) is 0.276. The molecule has 0 spiro atoms. The highest BCUT2D eigenvalue weighted by Gasteiger charge is 2.18. The van der Waals surface area contributed by atoms with Crippen molar-refractivity contribution in [2.45, 2.75) is 45.1 Å². The Morgan fingerprint density at radius 1 is 1.10 bits per heavy atom. The van der Waals surface area contributed by atoms with Crippen molar-refractivity contribution < 1.29 is 9.59 Å². The van der Waals surface area contributed by atoms with Crippen LogP contribution in [0.15, 0.2) is 47.4 Å². The van der Waals surface area contributed by atoms with Crippen molar-refractivity contribution >= 4 is 11.7 Å². The fourth-order valence-electron chi connectivity index (χ4n) is 4.20. The summed E-state index contributed by atoms with van der Waals surface area (Å²) in [7, 11) is 3.65. The number of aromatic nitrogens is 1. The van der Waals surface area contributed by atoms with Crippen LogP contribution in [0.2, 0.25) is 0 Å². The van der Waals surface area contributed by atoms with Crippen LogP contribution in [-0.4, -0.2) is 48.3 Å². The molecule has 6 nitrogen and oxygen atoms in total. The van der Waals surface area contributed by atoms with E-state index in [0.717, 1.165) is 43.8 Å². The number of carbonyl (C=O) groups is 2. The molecule has 1 aliphatic rings. The maximum absolute atomic E-state index is 12.9. The van der Waals surface area contributed by atoms with Gasteiger partial charge in [0.15, 0.2) is 5.78 Å². The highest BCUT2D eigenvalue weighted by Crippen LogP contribution is 2.22. The topological polar surface area (TPSA) is 71.4 Å². The van der Waals surface area contributed by atoms with Gasteiger partial charge in [-0.05, 0) is 56.9 Å². The van der Waals surface area contributed by atoms with Crippen LogP contribution in [0.1, 0.15) is 64.8 Å². The zero-order chi connectivity index (χ0) is 22.2. The molecule has 1 aromatic heterocycles. The minimum atomic E-state index is -0.469. The molecule has 2 aromatic rings. The molecule has 0 saturated carbocycles. The van der Waals surface area contributed by atoms with Crippen molar-refractivity contribution in [3.8, 4) is 0 Å². The number of Topliss-reactive ketones (excluding diaryl/α,β-unsaturated/α-hetero) is 1. The average Bonchev–Trinajstić information content (AvgIpc) is 2.79. The predicted octanol–water partition coefficient (Wildman–Crippen LogP) is 3.34. The Balaban J connectivity index is 1.67. The summed E-state index contributed by atoms with van der Waals surface area (Å²) in [6.07, 6.45) is 7.54. The van der Waals surface area contributed by atoms with Gasteiger partial charge >= 0.3 is 0 Å². The van der Waals surface area contributed by atoms with E-state index in [2.05, 4.69) is 17.3 Å². The van der Waals surface area contributed by atoms with E-state index in [0.29, 0.717) is 18.5 Å². The molecule has 166 valence electrons. The number of hydrogen-bond acceptors (Lipinski definition) is 4. The van der Waals surface area contributed by atoms with Crippen LogP contribution < -0.4 is 10.9 Å². The number of hydrogen-bond donors (Lipinski definition) is 1. The number of amides is 1. The number of unbranched alkanes of at least 4 members (excludes halogenated alkanes) is 1. The smallest absolute Gasteiger partial charge is 0.263 e. The Kier molecular flexibility index (Phi) is 8.18. The molecule has 1 fully saturated rings. The zero-order valence-corrected chi connectivity index (χ0v) is 18.6. The first-order valence-electron chi connectivity index (χ1n) is 11.2. The van der Waals surface area contributed by atoms with E-state index in [4.69, 9.17) is 0 Å². The number of ketones is 1. The van der Waals surface area contributed by atoms with Gasteiger partial charge < -0.3 is 14.8 Å². The van der Waals surface area contributed by atoms with E-state index >= 15 is 0 Å². The standard InChI is InChI=1S/C25H33N3O3/c1-26-24(30)22-16-21(18-28(25(22)31)17-20-9-4-3-5-10-20)23(29)11-7-6-8-19-12-14-27(2)15-13-19/h3-5,9-10,16,18-19H,6-8,11-15,17H2,1-2H3,(H,26,30). The Labute approximate surface area is 184 Å². The third-order valence-corrected chi connectivity index (χ3v) is 6.18. The van der Waals surface area contributed by atoms with Crippen LogP contribution in [0.25, 0.3) is 0 Å². The zero-order valence-electron chi connectivity index (χ0n) is 18.6. The van der Waals surface area contributed by atoms with Crippen molar-refractivity contribution in [2.24, 2.45) is 5.92 Å². The summed E-state index contributed by atoms with van der Waals surface area (Å²) < 4.78 is 1.46. The number of carbonyl (C=O) groups excluding carboxylic acids is 2. The van der Waals surface area contributed by atoms with Crippen LogP contribution >= 0.6 is 0 Å². The highest BCUT2D eigenvalue weighted by molar-refractivity contribution is 6.00. The lowest BCUT2D eigenvalue weighted by Crippen LogP contribution is -2.32. The second-order valence-corrected chi connectivity index (χ2v) is 8.56. The normalized spacial score (nSPS) is 15.0. The maximum atomic E-state index is 12.9. The number of nitrogens with zero attached hydrogens (tertiary/aromatic N) is 2. The molecular weight excluding hydrogens is 390 g/mol. The molecule has 0 unspecified atom stereocenters. The molecule has 1 N–H and O–H groups in total. The highest BCUT2D eigenvalue weighted by atomic mass is 16.2. The fourth-order valence-corrected chi connectivity index (χ4v) is 4.20. The van der Waals surface area contributed by atoms with Crippen LogP contribution in [0.3, 0.4) is 0 Å². The van der Waals surface area contributed by atoms with Gasteiger partial charge in [0.05, 0.1) is 6.54 Å². The third-order valence-electron chi connectivity index (χ3n) is 6.18. The first-order valence-corrected chi connectivity index (χ1v) is 11.2. The van der Waals surface area contributed by atoms with E-state index < -0.39 is 5.91 Å². The molecule has 0 aliphatic carbocycles. The molecule has 6 heteroatoms. The van der Waals surface area contributed by atoms with E-state index in [1.807, 2.05) is 30.3 Å². The van der Waals surface area contributed by atoms with Gasteiger partial charge in [-0.15, -0.1) is 0 Å². The molecule has 3 rings (SSSR count). The van der Waals surface area contributed by atoms with Gasteiger partial charge in [0.2, 0.25) is 0 Å². The number of benzene rings is 1. The summed E-state index contributed by atoms with van der Waals surface area (Å²) in [5, 5.41) is 2.50. The summed E-state index contributed by atoms with van der Waals surface area (Å²) in [4.78, 5) is 40.3. The molecule has 1 aliphatic heterocycles. The lowest BCUT2D eigenvalue weighted by atomic mass is 9.91. The quantitative estimate of drug-likeness (QED) is 0.496. The number of likely N-dealkylation sites (tertiary alicyclic amines) is 1. The number of rotatable bonds is 9. The number of piperidine rings is 1.